The molecule has 1 amide bonds. The summed E-state index contributed by atoms with van der Waals surface area (Å²) in [6.45, 7) is 6.87. The van der Waals surface area contributed by atoms with Crippen LogP contribution < -0.4 is 0 Å². The van der Waals surface area contributed by atoms with Gasteiger partial charge in [-0.1, -0.05) is 6.08 Å². The molecule has 23 heavy (non-hydrogen) atoms. The van der Waals surface area contributed by atoms with E-state index in [1.54, 1.807) is 17.9 Å². The van der Waals surface area contributed by atoms with E-state index < -0.39 is 15.9 Å². The molecule has 3 atom stereocenters. The highest BCUT2D eigenvalue weighted by Crippen LogP contribution is 2.20. The van der Waals surface area contributed by atoms with E-state index in [9.17, 15) is 13.2 Å². The zero-order valence-electron chi connectivity index (χ0n) is 13.8. The van der Waals surface area contributed by atoms with E-state index in [-0.39, 0.29) is 29.6 Å². The van der Waals surface area contributed by atoms with Crippen molar-refractivity contribution in [2.75, 3.05) is 31.3 Å². The minimum Gasteiger partial charge on any atom is -0.376 e. The number of carbonyl (C=O) groups excluding carboxylic acids is 1. The van der Waals surface area contributed by atoms with Gasteiger partial charge in [-0.2, -0.15) is 0 Å². The lowest BCUT2D eigenvalue weighted by Crippen LogP contribution is -2.46. The topological polar surface area (TPSA) is 72.9 Å². The van der Waals surface area contributed by atoms with Gasteiger partial charge in [0.25, 0.3) is 5.91 Å². The van der Waals surface area contributed by atoms with E-state index in [1.807, 2.05) is 0 Å². The van der Waals surface area contributed by atoms with E-state index in [1.165, 1.54) is 0 Å². The summed E-state index contributed by atoms with van der Waals surface area (Å²) in [5.74, 6) is -0.00258. The fourth-order valence-electron chi connectivity index (χ4n) is 3.07. The Bertz CT molecular complexity index is 513. The third kappa shape index (κ3) is 5.29. The number of hydrogen-bond acceptors (Lipinski definition) is 5. The van der Waals surface area contributed by atoms with Crippen LogP contribution in [-0.4, -0.2) is 68.7 Å². The number of nitrogens with zero attached hydrogens (tertiary/aromatic N) is 1. The Labute approximate surface area is 138 Å². The number of hydrogen-bond donors (Lipinski definition) is 0. The van der Waals surface area contributed by atoms with E-state index in [4.69, 9.17) is 9.47 Å². The van der Waals surface area contributed by atoms with Crippen LogP contribution in [0.5, 0.6) is 0 Å². The molecule has 0 spiro atoms. The number of sulfone groups is 1. The third-order valence-corrected chi connectivity index (χ3v) is 6.16. The zero-order valence-corrected chi connectivity index (χ0v) is 14.6. The van der Waals surface area contributed by atoms with Crippen molar-refractivity contribution in [2.24, 2.45) is 0 Å². The molecule has 132 valence electrons. The molecule has 0 aromatic heterocycles. The van der Waals surface area contributed by atoms with Gasteiger partial charge in [-0.05, 0) is 32.6 Å². The van der Waals surface area contributed by atoms with Crippen molar-refractivity contribution >= 4 is 15.7 Å². The van der Waals surface area contributed by atoms with Crippen molar-refractivity contribution in [3.8, 4) is 0 Å². The molecule has 2 heterocycles. The molecule has 0 saturated carbocycles. The molecule has 0 aromatic carbocycles. The van der Waals surface area contributed by atoms with Crippen LogP contribution in [0.15, 0.2) is 12.7 Å². The van der Waals surface area contributed by atoms with Crippen LogP contribution in [-0.2, 0) is 24.1 Å². The molecule has 0 N–H and O–H groups in total. The molecule has 0 bridgehead atoms. The van der Waals surface area contributed by atoms with Gasteiger partial charge in [-0.3, -0.25) is 4.79 Å². The molecule has 6 nitrogen and oxygen atoms in total. The molecule has 2 fully saturated rings. The lowest BCUT2D eigenvalue weighted by atomic mass is 10.1. The first-order valence-electron chi connectivity index (χ1n) is 8.28. The summed E-state index contributed by atoms with van der Waals surface area (Å²) in [7, 11) is -3.04. The van der Waals surface area contributed by atoms with Gasteiger partial charge in [0, 0.05) is 19.2 Å². The number of rotatable bonds is 7. The van der Waals surface area contributed by atoms with Gasteiger partial charge >= 0.3 is 0 Å². The second kappa shape index (κ2) is 8.26. The Hall–Kier alpha value is -0.920. The van der Waals surface area contributed by atoms with Gasteiger partial charge in [-0.25, -0.2) is 8.42 Å². The number of amides is 1. The summed E-state index contributed by atoms with van der Waals surface area (Å²) < 4.78 is 34.6. The Kier molecular flexibility index (Phi) is 6.61. The highest BCUT2D eigenvalue weighted by molar-refractivity contribution is 7.91. The molecule has 2 rings (SSSR count). The molecular weight excluding hydrogens is 318 g/mol. The van der Waals surface area contributed by atoms with Crippen molar-refractivity contribution < 1.29 is 22.7 Å². The molecule has 0 aromatic rings. The molecule has 3 unspecified atom stereocenters. The normalized spacial score (nSPS) is 28.2. The first-order chi connectivity index (χ1) is 10.9. The maximum Gasteiger partial charge on any atom is 0.251 e. The monoisotopic (exact) mass is 345 g/mol. The van der Waals surface area contributed by atoms with Crippen molar-refractivity contribution in [3.05, 3.63) is 12.7 Å². The van der Waals surface area contributed by atoms with Gasteiger partial charge in [0.05, 0.1) is 24.2 Å². The van der Waals surface area contributed by atoms with Crippen LogP contribution in [0, 0.1) is 0 Å². The highest BCUT2D eigenvalue weighted by atomic mass is 32.2. The number of ether oxygens (including phenoxy) is 2. The second-order valence-electron chi connectivity index (χ2n) is 6.30. The van der Waals surface area contributed by atoms with Crippen molar-refractivity contribution in [1.82, 2.24) is 4.90 Å². The van der Waals surface area contributed by atoms with Gasteiger partial charge in [0.15, 0.2) is 9.84 Å². The summed E-state index contributed by atoms with van der Waals surface area (Å²) in [5, 5.41) is 0. The summed E-state index contributed by atoms with van der Waals surface area (Å²) in [6, 6.07) is -0.275. The smallest absolute Gasteiger partial charge is 0.251 e. The molecular formula is C16H27NO5S. The fourth-order valence-corrected chi connectivity index (χ4v) is 4.81. The Morgan fingerprint density at radius 1 is 1.43 bits per heavy atom. The lowest BCUT2D eigenvalue weighted by molar-refractivity contribution is -0.147. The first-order valence-corrected chi connectivity index (χ1v) is 10.1. The fraction of sp³-hybridized carbons (Fsp3) is 0.812. The van der Waals surface area contributed by atoms with Gasteiger partial charge < -0.3 is 14.4 Å². The van der Waals surface area contributed by atoms with E-state index >= 15 is 0 Å². The van der Waals surface area contributed by atoms with E-state index in [0.717, 1.165) is 25.9 Å². The van der Waals surface area contributed by atoms with E-state index in [2.05, 4.69) is 6.58 Å². The van der Waals surface area contributed by atoms with Crippen LogP contribution in [0.1, 0.15) is 32.6 Å². The Morgan fingerprint density at radius 2 is 2.22 bits per heavy atom. The van der Waals surface area contributed by atoms with Crippen molar-refractivity contribution in [1.29, 1.82) is 0 Å². The zero-order chi connectivity index (χ0) is 16.9. The largest absolute Gasteiger partial charge is 0.376 e. The first kappa shape index (κ1) is 18.4. The molecule has 0 aliphatic carbocycles. The standard InChI is InChI=1S/C16H27NO5S/c1-3-8-17(14-7-10-23(19,20)12-14)16(18)13(2)22-11-15-6-4-5-9-21-15/h3,13-15H,1,4-12H2,2H3. The minimum absolute atomic E-state index is 0.0328. The number of carbonyl (C=O) groups is 1. The van der Waals surface area contributed by atoms with Crippen LogP contribution in [0.2, 0.25) is 0 Å². The average molecular weight is 345 g/mol. The predicted molar refractivity (Wildman–Crippen MR) is 88.0 cm³/mol. The maximum atomic E-state index is 12.6. The van der Waals surface area contributed by atoms with Gasteiger partial charge in [0.2, 0.25) is 0 Å². The average Bonchev–Trinajstić information content (AvgIpc) is 2.90. The molecule has 7 heteroatoms. The lowest BCUT2D eigenvalue weighted by Gasteiger charge is -2.30. The van der Waals surface area contributed by atoms with Crippen LogP contribution in [0.3, 0.4) is 0 Å². The molecule has 0 radical (unpaired) electrons. The third-order valence-electron chi connectivity index (χ3n) is 4.41. The Morgan fingerprint density at radius 3 is 2.78 bits per heavy atom. The van der Waals surface area contributed by atoms with Crippen molar-refractivity contribution in [2.45, 2.75) is 50.9 Å². The molecule has 2 aliphatic heterocycles. The quantitative estimate of drug-likeness (QED) is 0.648. The van der Waals surface area contributed by atoms with Crippen molar-refractivity contribution in [3.63, 3.8) is 0 Å². The SMILES string of the molecule is C=CCN(C(=O)C(C)OCC1CCCCO1)C1CCS(=O)(=O)C1. The molecule has 2 saturated heterocycles. The summed E-state index contributed by atoms with van der Waals surface area (Å²) in [6.07, 6.45) is 4.72. The summed E-state index contributed by atoms with van der Waals surface area (Å²) in [4.78, 5) is 14.2. The minimum atomic E-state index is -3.04. The van der Waals surface area contributed by atoms with Crippen LogP contribution >= 0.6 is 0 Å². The van der Waals surface area contributed by atoms with Gasteiger partial charge in [0.1, 0.15) is 6.10 Å². The highest BCUT2D eigenvalue weighted by Gasteiger charge is 2.35. The maximum absolute atomic E-state index is 12.6. The van der Waals surface area contributed by atoms with E-state index in [0.29, 0.717) is 19.6 Å². The Balaban J connectivity index is 1.89. The molecule has 2 aliphatic rings. The summed E-state index contributed by atoms with van der Waals surface area (Å²) in [5.41, 5.74) is 0. The predicted octanol–water partition coefficient (Wildman–Crippen LogP) is 1.16. The van der Waals surface area contributed by atoms with Crippen LogP contribution in [0.4, 0.5) is 0 Å². The summed E-state index contributed by atoms with van der Waals surface area (Å²) >= 11 is 0. The van der Waals surface area contributed by atoms with Crippen LogP contribution in [0.25, 0.3) is 0 Å². The second-order valence-corrected chi connectivity index (χ2v) is 8.53. The van der Waals surface area contributed by atoms with Gasteiger partial charge in [-0.15, -0.1) is 6.58 Å².